The summed E-state index contributed by atoms with van der Waals surface area (Å²) >= 11 is 1.51. The lowest BCUT2D eigenvalue weighted by Crippen LogP contribution is -2.36. The van der Waals surface area contributed by atoms with Crippen LogP contribution in [0.3, 0.4) is 0 Å². The van der Waals surface area contributed by atoms with E-state index < -0.39 is 5.97 Å². The summed E-state index contributed by atoms with van der Waals surface area (Å²) in [6.45, 7) is 1.66. The van der Waals surface area contributed by atoms with Gasteiger partial charge in [-0.3, -0.25) is 9.59 Å². The number of aryl methyl sites for hydroxylation is 1. The van der Waals surface area contributed by atoms with E-state index in [-0.39, 0.29) is 18.5 Å². The molecule has 18 heavy (non-hydrogen) atoms. The first-order valence-electron chi connectivity index (χ1n) is 5.69. The van der Waals surface area contributed by atoms with E-state index in [2.05, 4.69) is 4.98 Å². The Morgan fingerprint density at radius 1 is 1.61 bits per heavy atom. The Labute approximate surface area is 109 Å². The van der Waals surface area contributed by atoms with Crippen LogP contribution in [-0.2, 0) is 9.59 Å². The van der Waals surface area contributed by atoms with E-state index in [0.717, 1.165) is 23.5 Å². The molecule has 1 saturated carbocycles. The van der Waals surface area contributed by atoms with Crippen LogP contribution in [0, 0.1) is 6.92 Å². The largest absolute Gasteiger partial charge is 0.480 e. The average molecular weight is 266 g/mol. The zero-order valence-corrected chi connectivity index (χ0v) is 10.8. The molecule has 1 aromatic heterocycles. The topological polar surface area (TPSA) is 70.5 Å². The number of nitrogens with zero attached hydrogens (tertiary/aromatic N) is 2. The highest BCUT2D eigenvalue weighted by Gasteiger charge is 2.32. The van der Waals surface area contributed by atoms with Gasteiger partial charge in [0.15, 0.2) is 0 Å². The summed E-state index contributed by atoms with van der Waals surface area (Å²) in [4.78, 5) is 28.2. The molecule has 1 N–H and O–H groups in total. The Morgan fingerprint density at radius 2 is 2.33 bits per heavy atom. The standard InChI is InChI=1S/C12H14N2O3S/c1-8-13-9(7-18-8)2-5-11(15)14(6-12(16)17)10-3-4-10/h2,5,7,10H,3-4,6H2,1H3,(H,16,17). The van der Waals surface area contributed by atoms with Crippen LogP contribution in [0.4, 0.5) is 0 Å². The van der Waals surface area contributed by atoms with Gasteiger partial charge in [-0.2, -0.15) is 0 Å². The minimum Gasteiger partial charge on any atom is -0.480 e. The molecule has 0 aromatic carbocycles. The second kappa shape index (κ2) is 5.30. The molecular weight excluding hydrogens is 252 g/mol. The lowest BCUT2D eigenvalue weighted by Gasteiger charge is -2.17. The zero-order valence-electron chi connectivity index (χ0n) is 10.00. The Morgan fingerprint density at radius 3 is 2.83 bits per heavy atom. The van der Waals surface area contributed by atoms with Crippen LogP contribution in [0.5, 0.6) is 0 Å². The normalized spacial score (nSPS) is 14.9. The van der Waals surface area contributed by atoms with Crippen molar-refractivity contribution in [1.82, 2.24) is 9.88 Å². The van der Waals surface area contributed by atoms with E-state index in [1.165, 1.54) is 22.3 Å². The molecule has 5 nitrogen and oxygen atoms in total. The fourth-order valence-corrected chi connectivity index (χ4v) is 2.21. The summed E-state index contributed by atoms with van der Waals surface area (Å²) in [6.07, 6.45) is 4.81. The summed E-state index contributed by atoms with van der Waals surface area (Å²) in [5.74, 6) is -1.24. The number of amides is 1. The number of thiazole rings is 1. The molecule has 1 aliphatic rings. The lowest BCUT2D eigenvalue weighted by atomic mass is 10.3. The quantitative estimate of drug-likeness (QED) is 0.821. The zero-order chi connectivity index (χ0) is 13.1. The molecule has 0 bridgehead atoms. The molecular formula is C12H14N2O3S. The fourth-order valence-electron chi connectivity index (χ4n) is 1.63. The van der Waals surface area contributed by atoms with E-state index in [9.17, 15) is 9.59 Å². The highest BCUT2D eigenvalue weighted by Crippen LogP contribution is 2.26. The van der Waals surface area contributed by atoms with Gasteiger partial charge in [0.25, 0.3) is 0 Å². The minimum absolute atomic E-state index is 0.0930. The van der Waals surface area contributed by atoms with Crippen LogP contribution in [-0.4, -0.2) is 39.5 Å². The highest BCUT2D eigenvalue weighted by molar-refractivity contribution is 7.09. The molecule has 1 amide bonds. The molecule has 1 aromatic rings. The third-order valence-electron chi connectivity index (χ3n) is 2.61. The van der Waals surface area contributed by atoms with Gasteiger partial charge >= 0.3 is 5.97 Å². The van der Waals surface area contributed by atoms with Crippen LogP contribution < -0.4 is 0 Å². The Hall–Kier alpha value is -1.69. The number of hydrogen-bond acceptors (Lipinski definition) is 4. The van der Waals surface area contributed by atoms with Gasteiger partial charge in [0.1, 0.15) is 6.54 Å². The molecule has 1 heterocycles. The third-order valence-corrected chi connectivity index (χ3v) is 3.40. The number of hydrogen-bond donors (Lipinski definition) is 1. The monoisotopic (exact) mass is 266 g/mol. The maximum atomic E-state index is 11.9. The highest BCUT2D eigenvalue weighted by atomic mass is 32.1. The van der Waals surface area contributed by atoms with Crippen molar-refractivity contribution in [2.75, 3.05) is 6.54 Å². The van der Waals surface area contributed by atoms with Gasteiger partial charge in [-0.25, -0.2) is 4.98 Å². The third kappa shape index (κ3) is 3.40. The molecule has 0 unspecified atom stereocenters. The van der Waals surface area contributed by atoms with Gasteiger partial charge in [-0.15, -0.1) is 11.3 Å². The fraction of sp³-hybridized carbons (Fsp3) is 0.417. The molecule has 0 radical (unpaired) electrons. The second-order valence-electron chi connectivity index (χ2n) is 4.22. The summed E-state index contributed by atoms with van der Waals surface area (Å²) in [7, 11) is 0. The van der Waals surface area contributed by atoms with Crippen LogP contribution >= 0.6 is 11.3 Å². The van der Waals surface area contributed by atoms with Crippen molar-refractivity contribution in [2.45, 2.75) is 25.8 Å². The van der Waals surface area contributed by atoms with Crippen molar-refractivity contribution in [1.29, 1.82) is 0 Å². The summed E-state index contributed by atoms with van der Waals surface area (Å²) in [6, 6.07) is 0.0930. The van der Waals surface area contributed by atoms with Gasteiger partial charge in [-0.1, -0.05) is 0 Å². The number of aliphatic carboxylic acids is 1. The number of carboxylic acid groups (broad SMARTS) is 1. The first-order chi connectivity index (χ1) is 8.56. The molecule has 0 spiro atoms. The maximum Gasteiger partial charge on any atom is 0.323 e. The van der Waals surface area contributed by atoms with Crippen LogP contribution in [0.2, 0.25) is 0 Å². The van der Waals surface area contributed by atoms with Gasteiger partial charge in [-0.05, 0) is 25.8 Å². The van der Waals surface area contributed by atoms with Crippen LogP contribution in [0.25, 0.3) is 6.08 Å². The predicted molar refractivity (Wildman–Crippen MR) is 68.3 cm³/mol. The number of rotatable bonds is 5. The van der Waals surface area contributed by atoms with Gasteiger partial charge in [0.2, 0.25) is 5.91 Å². The molecule has 2 rings (SSSR count). The van der Waals surface area contributed by atoms with Gasteiger partial charge in [0, 0.05) is 17.5 Å². The molecule has 1 fully saturated rings. The van der Waals surface area contributed by atoms with E-state index in [4.69, 9.17) is 5.11 Å². The number of carbonyl (C=O) groups is 2. The average Bonchev–Trinajstić information content (AvgIpc) is 3.06. The number of carboxylic acids is 1. The SMILES string of the molecule is Cc1nc(C=CC(=O)N(CC(=O)O)C2CC2)cs1. The van der Waals surface area contributed by atoms with Crippen LogP contribution in [0.15, 0.2) is 11.5 Å². The van der Waals surface area contributed by atoms with E-state index >= 15 is 0 Å². The minimum atomic E-state index is -0.979. The summed E-state index contributed by atoms with van der Waals surface area (Å²) in [5, 5.41) is 11.6. The number of aromatic nitrogens is 1. The van der Waals surface area contributed by atoms with E-state index in [1.54, 1.807) is 6.08 Å². The van der Waals surface area contributed by atoms with Gasteiger partial charge < -0.3 is 10.0 Å². The van der Waals surface area contributed by atoms with Crippen molar-refractivity contribution in [3.63, 3.8) is 0 Å². The molecule has 0 saturated heterocycles. The van der Waals surface area contributed by atoms with Crippen molar-refractivity contribution < 1.29 is 14.7 Å². The first kappa shape index (κ1) is 12.8. The summed E-state index contributed by atoms with van der Waals surface area (Å²) in [5.41, 5.74) is 0.733. The van der Waals surface area contributed by atoms with E-state index in [1.807, 2.05) is 12.3 Å². The van der Waals surface area contributed by atoms with Crippen molar-refractivity contribution in [3.05, 3.63) is 22.2 Å². The van der Waals surface area contributed by atoms with Gasteiger partial charge in [0.05, 0.1) is 10.7 Å². The van der Waals surface area contributed by atoms with Crippen molar-refractivity contribution >= 4 is 29.3 Å². The lowest BCUT2D eigenvalue weighted by molar-refractivity contribution is -0.143. The number of carbonyl (C=O) groups excluding carboxylic acids is 1. The van der Waals surface area contributed by atoms with E-state index in [0.29, 0.717) is 0 Å². The Bertz CT molecular complexity index is 491. The Kier molecular flexibility index (Phi) is 3.76. The molecule has 6 heteroatoms. The van der Waals surface area contributed by atoms with Crippen molar-refractivity contribution in [3.8, 4) is 0 Å². The molecule has 0 aliphatic heterocycles. The predicted octanol–water partition coefficient (Wildman–Crippen LogP) is 1.54. The first-order valence-corrected chi connectivity index (χ1v) is 6.57. The van der Waals surface area contributed by atoms with Crippen molar-refractivity contribution in [2.24, 2.45) is 0 Å². The Balaban J connectivity index is 2.00. The molecule has 96 valence electrons. The molecule has 0 atom stereocenters. The second-order valence-corrected chi connectivity index (χ2v) is 5.28. The van der Waals surface area contributed by atoms with Crippen LogP contribution in [0.1, 0.15) is 23.5 Å². The smallest absolute Gasteiger partial charge is 0.323 e. The maximum absolute atomic E-state index is 11.9. The molecule has 1 aliphatic carbocycles. The summed E-state index contributed by atoms with van der Waals surface area (Å²) < 4.78 is 0.